The van der Waals surface area contributed by atoms with Gasteiger partial charge in [-0.2, -0.15) is 0 Å². The zero-order valence-corrected chi connectivity index (χ0v) is 25.7. The number of benzene rings is 1. The molecule has 0 saturated carbocycles. The molecule has 222 valence electrons. The van der Waals surface area contributed by atoms with Crippen LogP contribution in [0.1, 0.15) is 99.5 Å². The van der Waals surface area contributed by atoms with Gasteiger partial charge in [0, 0.05) is 12.6 Å². The lowest BCUT2D eigenvalue weighted by atomic mass is 9.82. The van der Waals surface area contributed by atoms with Crippen LogP contribution in [0.2, 0.25) is 6.32 Å². The van der Waals surface area contributed by atoms with Gasteiger partial charge in [0.1, 0.15) is 12.6 Å². The summed E-state index contributed by atoms with van der Waals surface area (Å²) in [7, 11) is 0.00458. The molecule has 2 aliphatic heterocycles. The fourth-order valence-corrected chi connectivity index (χ4v) is 4.10. The number of esters is 1. The van der Waals surface area contributed by atoms with Crippen molar-refractivity contribution >= 4 is 19.2 Å². The Morgan fingerprint density at radius 3 is 2.15 bits per heavy atom. The van der Waals surface area contributed by atoms with Crippen molar-refractivity contribution in [1.29, 1.82) is 0 Å². The Kier molecular flexibility index (Phi) is 15.7. The lowest BCUT2D eigenvalue weighted by Crippen LogP contribution is -2.53. The number of nitrogens with zero attached hydrogens (tertiary/aromatic N) is 1. The van der Waals surface area contributed by atoms with Gasteiger partial charge in [0.2, 0.25) is 0 Å². The largest absolute Gasteiger partial charge is 0.459 e. The minimum Gasteiger partial charge on any atom is -0.459 e. The SMILES string of the molecule is CC.CCCCB1OC(C)(C)C(C)(C)O1.CCCCOC(=O)N1CCC(N)CC1C(=O)OCc1ccccc1. The highest BCUT2D eigenvalue weighted by Gasteiger charge is 2.50. The van der Waals surface area contributed by atoms with E-state index in [4.69, 9.17) is 24.5 Å². The maximum absolute atomic E-state index is 12.4. The van der Waals surface area contributed by atoms with Crippen molar-refractivity contribution in [2.45, 2.75) is 130 Å². The summed E-state index contributed by atoms with van der Waals surface area (Å²) >= 11 is 0. The van der Waals surface area contributed by atoms with E-state index in [1.807, 2.05) is 51.1 Å². The van der Waals surface area contributed by atoms with Crippen LogP contribution in [0.5, 0.6) is 0 Å². The van der Waals surface area contributed by atoms with Crippen molar-refractivity contribution in [2.24, 2.45) is 5.73 Å². The molecule has 1 amide bonds. The number of unbranched alkanes of at least 4 members (excludes halogenated alkanes) is 2. The zero-order valence-electron chi connectivity index (χ0n) is 25.7. The topological polar surface area (TPSA) is 100 Å². The van der Waals surface area contributed by atoms with E-state index >= 15 is 0 Å². The van der Waals surface area contributed by atoms with E-state index in [2.05, 4.69) is 34.6 Å². The molecule has 2 saturated heterocycles. The van der Waals surface area contributed by atoms with Crippen molar-refractivity contribution in [2.75, 3.05) is 13.2 Å². The maximum atomic E-state index is 12.4. The van der Waals surface area contributed by atoms with E-state index in [-0.39, 0.29) is 31.0 Å². The van der Waals surface area contributed by atoms with Gasteiger partial charge in [0.15, 0.2) is 0 Å². The van der Waals surface area contributed by atoms with E-state index in [9.17, 15) is 9.59 Å². The fourth-order valence-electron chi connectivity index (χ4n) is 4.10. The van der Waals surface area contributed by atoms with Gasteiger partial charge < -0.3 is 24.5 Å². The van der Waals surface area contributed by atoms with Crippen molar-refractivity contribution < 1.29 is 28.4 Å². The Bertz CT molecular complexity index is 820. The lowest BCUT2D eigenvalue weighted by molar-refractivity contribution is -0.152. The van der Waals surface area contributed by atoms with E-state index in [0.29, 0.717) is 26.0 Å². The van der Waals surface area contributed by atoms with Gasteiger partial charge >= 0.3 is 19.2 Å². The first-order chi connectivity index (χ1) is 18.5. The number of hydrogen-bond donors (Lipinski definition) is 1. The van der Waals surface area contributed by atoms with E-state index < -0.39 is 18.1 Å². The third kappa shape index (κ3) is 11.5. The average molecular weight is 549 g/mol. The molecule has 1 aromatic carbocycles. The summed E-state index contributed by atoms with van der Waals surface area (Å²) < 4.78 is 22.3. The van der Waals surface area contributed by atoms with Gasteiger partial charge in [-0.15, -0.1) is 0 Å². The predicted molar refractivity (Wildman–Crippen MR) is 157 cm³/mol. The summed E-state index contributed by atoms with van der Waals surface area (Å²) in [6.45, 7) is 17.6. The van der Waals surface area contributed by atoms with Crippen molar-refractivity contribution in [3.05, 3.63) is 35.9 Å². The number of hydrogen-bond acceptors (Lipinski definition) is 7. The molecule has 0 bridgehead atoms. The molecule has 9 heteroatoms. The number of carbonyl (C=O) groups is 2. The predicted octanol–water partition coefficient (Wildman–Crippen LogP) is 6.36. The molecule has 2 fully saturated rings. The van der Waals surface area contributed by atoms with Gasteiger partial charge in [-0.1, -0.05) is 77.3 Å². The number of nitrogens with two attached hydrogens (primary N) is 1. The van der Waals surface area contributed by atoms with Crippen LogP contribution in [0.25, 0.3) is 0 Å². The molecule has 8 nitrogen and oxygen atoms in total. The molecule has 1 aromatic rings. The molecule has 0 aromatic heterocycles. The second kappa shape index (κ2) is 17.6. The second-order valence-corrected chi connectivity index (χ2v) is 10.9. The van der Waals surface area contributed by atoms with Crippen LogP contribution in [0.3, 0.4) is 0 Å². The molecule has 0 radical (unpaired) electrons. The first-order valence-electron chi connectivity index (χ1n) is 14.8. The van der Waals surface area contributed by atoms with Gasteiger partial charge in [0.25, 0.3) is 0 Å². The molecule has 3 rings (SSSR count). The summed E-state index contributed by atoms with van der Waals surface area (Å²) in [5, 5.41) is 0. The first-order valence-corrected chi connectivity index (χ1v) is 14.8. The van der Waals surface area contributed by atoms with Crippen molar-refractivity contribution in [3.63, 3.8) is 0 Å². The monoisotopic (exact) mass is 548 g/mol. The standard InChI is InChI=1S/C18H26N2O4.C10H21BO2.C2H6/c1-2-3-11-23-18(22)20-10-9-15(19)12-16(20)17(21)24-13-14-7-5-4-6-8-14;1-6-7-8-11-12-9(2,3)10(4,5)13-11;1-2/h4-8,15-16H,2-3,9-13,19H2,1H3;6-8H2,1-5H3;1-2H3. The Morgan fingerprint density at radius 1 is 1.00 bits per heavy atom. The van der Waals surface area contributed by atoms with Crippen LogP contribution in [0.15, 0.2) is 30.3 Å². The average Bonchev–Trinajstić information content (AvgIpc) is 3.13. The lowest BCUT2D eigenvalue weighted by Gasteiger charge is -2.35. The normalized spacial score (nSPS) is 21.2. The summed E-state index contributed by atoms with van der Waals surface area (Å²) in [6.07, 6.45) is 5.74. The van der Waals surface area contributed by atoms with Gasteiger partial charge in [0.05, 0.1) is 17.8 Å². The number of likely N-dealkylation sites (tertiary alicyclic amines) is 1. The number of piperidine rings is 1. The molecule has 2 N–H and O–H groups in total. The Hall–Kier alpha value is -2.10. The van der Waals surface area contributed by atoms with Gasteiger partial charge in [-0.25, -0.2) is 9.59 Å². The third-order valence-electron chi connectivity index (χ3n) is 7.19. The van der Waals surface area contributed by atoms with Crippen LogP contribution >= 0.6 is 0 Å². The molecular formula is C30H53BN2O6. The molecule has 0 aliphatic carbocycles. The Morgan fingerprint density at radius 2 is 1.59 bits per heavy atom. The summed E-state index contributed by atoms with van der Waals surface area (Å²) in [6, 6.07) is 8.66. The van der Waals surface area contributed by atoms with E-state index in [1.54, 1.807) is 0 Å². The number of ether oxygens (including phenoxy) is 2. The fraction of sp³-hybridized carbons (Fsp3) is 0.733. The summed E-state index contributed by atoms with van der Waals surface area (Å²) in [5.74, 6) is -0.429. The highest BCUT2D eigenvalue weighted by atomic mass is 16.7. The van der Waals surface area contributed by atoms with Gasteiger partial charge in [-0.3, -0.25) is 4.90 Å². The first kappa shape index (κ1) is 34.9. The van der Waals surface area contributed by atoms with Crippen LogP contribution < -0.4 is 5.73 Å². The number of carbonyl (C=O) groups excluding carboxylic acids is 2. The Balaban J connectivity index is 0.000000428. The second-order valence-electron chi connectivity index (χ2n) is 10.9. The van der Waals surface area contributed by atoms with Crippen LogP contribution in [0, 0.1) is 0 Å². The molecule has 2 atom stereocenters. The minimum absolute atomic E-state index is 0.00458. The van der Waals surface area contributed by atoms with E-state index in [0.717, 1.165) is 24.7 Å². The molecule has 39 heavy (non-hydrogen) atoms. The van der Waals surface area contributed by atoms with Gasteiger partial charge in [-0.05, 0) is 58.8 Å². The summed E-state index contributed by atoms with van der Waals surface area (Å²) in [4.78, 5) is 26.1. The number of amides is 1. The highest BCUT2D eigenvalue weighted by molar-refractivity contribution is 6.45. The minimum atomic E-state index is -0.674. The molecule has 2 aliphatic rings. The Labute approximate surface area is 237 Å². The van der Waals surface area contributed by atoms with Crippen LogP contribution in [0.4, 0.5) is 4.79 Å². The summed E-state index contributed by atoms with van der Waals surface area (Å²) in [5.41, 5.74) is 6.55. The van der Waals surface area contributed by atoms with Crippen molar-refractivity contribution in [3.8, 4) is 0 Å². The molecule has 2 heterocycles. The molecular weight excluding hydrogens is 495 g/mol. The van der Waals surface area contributed by atoms with Crippen molar-refractivity contribution in [1.82, 2.24) is 4.90 Å². The molecule has 0 spiro atoms. The zero-order chi connectivity index (χ0) is 29.5. The van der Waals surface area contributed by atoms with Crippen LogP contribution in [-0.2, 0) is 30.2 Å². The smallest absolute Gasteiger partial charge is 0.457 e. The number of rotatable bonds is 9. The molecule has 2 unspecified atom stereocenters. The maximum Gasteiger partial charge on any atom is 0.457 e. The third-order valence-corrected chi connectivity index (χ3v) is 7.19. The highest BCUT2D eigenvalue weighted by Crippen LogP contribution is 2.38. The quantitative estimate of drug-likeness (QED) is 0.218. The van der Waals surface area contributed by atoms with E-state index in [1.165, 1.54) is 17.7 Å². The van der Waals surface area contributed by atoms with Crippen LogP contribution in [-0.4, -0.2) is 60.5 Å².